The van der Waals surface area contributed by atoms with Crippen LogP contribution < -0.4 is 10.1 Å². The van der Waals surface area contributed by atoms with Crippen molar-refractivity contribution in [3.05, 3.63) is 57.6 Å². The summed E-state index contributed by atoms with van der Waals surface area (Å²) in [6.07, 6.45) is 0. The molecule has 5 nitrogen and oxygen atoms in total. The predicted molar refractivity (Wildman–Crippen MR) is 96.8 cm³/mol. The van der Waals surface area contributed by atoms with E-state index in [-0.39, 0.29) is 5.84 Å². The lowest BCUT2D eigenvalue weighted by Crippen LogP contribution is -2.15. The zero-order valence-electron chi connectivity index (χ0n) is 12.8. The molecule has 126 valence electrons. The van der Waals surface area contributed by atoms with Crippen LogP contribution in [0.15, 0.2) is 40.9 Å². The Bertz CT molecular complexity index is 794. The number of methoxy groups -OCH3 is 2. The maximum Gasteiger partial charge on any atom is 0.337 e. The average Bonchev–Trinajstić information content (AvgIpc) is 2.59. The molecule has 0 saturated carbocycles. The molecule has 0 spiro atoms. The number of hydrogen-bond acceptors (Lipinski definition) is 4. The fourth-order valence-corrected chi connectivity index (χ4v) is 2.62. The minimum absolute atomic E-state index is 0.277. The Morgan fingerprint density at radius 1 is 1.12 bits per heavy atom. The second-order valence-electron chi connectivity index (χ2n) is 4.59. The Balaban J connectivity index is 2.42. The first-order valence-corrected chi connectivity index (χ1v) is 7.77. The number of nitrogens with zero attached hydrogens (tertiary/aromatic N) is 1. The van der Waals surface area contributed by atoms with Crippen LogP contribution in [0.1, 0.15) is 15.9 Å². The lowest BCUT2D eigenvalue weighted by atomic mass is 10.1. The summed E-state index contributed by atoms with van der Waals surface area (Å²) in [6, 6.07) is 9.69. The molecule has 2 rings (SSSR count). The first-order valence-electron chi connectivity index (χ1n) is 6.68. The molecule has 0 aliphatic heterocycles. The summed E-state index contributed by atoms with van der Waals surface area (Å²) >= 11 is 17.8. The van der Waals surface area contributed by atoms with E-state index in [1.807, 2.05) is 0 Å². The molecule has 0 saturated heterocycles. The molecule has 0 unspecified atom stereocenters. The summed E-state index contributed by atoms with van der Waals surface area (Å²) in [5.41, 5.74) is 1.37. The molecule has 0 amide bonds. The van der Waals surface area contributed by atoms with E-state index in [4.69, 9.17) is 44.5 Å². The van der Waals surface area contributed by atoms with E-state index < -0.39 is 5.97 Å². The number of halogens is 3. The fraction of sp³-hybridized carbons (Fsp3) is 0.125. The van der Waals surface area contributed by atoms with Gasteiger partial charge in [0.25, 0.3) is 0 Å². The summed E-state index contributed by atoms with van der Waals surface area (Å²) < 4.78 is 13.7. The molecule has 0 heterocycles. The molecule has 0 aromatic heterocycles. The number of ether oxygens (including phenoxy) is 2. The minimum atomic E-state index is -0.477. The van der Waals surface area contributed by atoms with E-state index >= 15 is 0 Å². The van der Waals surface area contributed by atoms with E-state index in [9.17, 15) is 4.79 Å². The largest absolute Gasteiger partial charge is 0.495 e. The van der Waals surface area contributed by atoms with Crippen molar-refractivity contribution in [2.75, 3.05) is 19.5 Å². The van der Waals surface area contributed by atoms with Crippen molar-refractivity contribution in [2.45, 2.75) is 0 Å². The number of rotatable bonds is 4. The second kappa shape index (κ2) is 8.24. The van der Waals surface area contributed by atoms with Crippen molar-refractivity contribution in [1.29, 1.82) is 0 Å². The third-order valence-electron chi connectivity index (χ3n) is 3.14. The topological polar surface area (TPSA) is 59.9 Å². The summed E-state index contributed by atoms with van der Waals surface area (Å²) in [6.45, 7) is 0. The van der Waals surface area contributed by atoms with Gasteiger partial charge in [0, 0.05) is 22.4 Å². The van der Waals surface area contributed by atoms with Gasteiger partial charge in [-0.25, -0.2) is 4.79 Å². The Morgan fingerprint density at radius 2 is 1.88 bits per heavy atom. The van der Waals surface area contributed by atoms with Crippen LogP contribution in [0.3, 0.4) is 0 Å². The van der Waals surface area contributed by atoms with Gasteiger partial charge in [-0.2, -0.15) is 4.51 Å². The highest BCUT2D eigenvalue weighted by molar-refractivity contribution is 6.38. The highest BCUT2D eigenvalue weighted by atomic mass is 35.5. The van der Waals surface area contributed by atoms with E-state index in [0.29, 0.717) is 32.6 Å². The third-order valence-corrected chi connectivity index (χ3v) is 3.86. The summed E-state index contributed by atoms with van der Waals surface area (Å²) in [5, 5.41) is 3.86. The standard InChI is InChI=1S/C16H13Cl3N2O3/c1-23-14-6-3-9(16(22)24-2)7-13(14)20-15(21-19)11-5-4-10(17)8-12(11)18/h3-8H,1-2H3,(H,20,21). The van der Waals surface area contributed by atoms with Gasteiger partial charge in [-0.1, -0.05) is 23.2 Å². The van der Waals surface area contributed by atoms with Gasteiger partial charge < -0.3 is 14.8 Å². The van der Waals surface area contributed by atoms with Crippen molar-refractivity contribution in [1.82, 2.24) is 0 Å². The van der Waals surface area contributed by atoms with Crippen molar-refractivity contribution in [3.63, 3.8) is 0 Å². The number of benzene rings is 2. The van der Waals surface area contributed by atoms with E-state index in [1.54, 1.807) is 36.4 Å². The van der Waals surface area contributed by atoms with Crippen LogP contribution in [-0.2, 0) is 4.74 Å². The fourth-order valence-electron chi connectivity index (χ4n) is 1.99. The molecule has 0 aliphatic rings. The molecular formula is C16H13Cl3N2O3. The lowest BCUT2D eigenvalue weighted by Gasteiger charge is -2.14. The molecule has 8 heteroatoms. The van der Waals surface area contributed by atoms with E-state index in [0.717, 1.165) is 0 Å². The molecule has 2 aromatic carbocycles. The highest BCUT2D eigenvalue weighted by Crippen LogP contribution is 2.28. The van der Waals surface area contributed by atoms with Gasteiger partial charge in [0.05, 0.1) is 30.5 Å². The molecule has 0 atom stereocenters. The smallest absolute Gasteiger partial charge is 0.337 e. The van der Waals surface area contributed by atoms with Crippen LogP contribution in [0.25, 0.3) is 0 Å². The minimum Gasteiger partial charge on any atom is -0.495 e. The summed E-state index contributed by atoms with van der Waals surface area (Å²) in [7, 11) is 2.81. The predicted octanol–water partition coefficient (Wildman–Crippen LogP) is 4.80. The lowest BCUT2D eigenvalue weighted by molar-refractivity contribution is 0.0601. The summed E-state index contributed by atoms with van der Waals surface area (Å²) in [5.74, 6) is 0.291. The molecule has 1 N–H and O–H groups in total. The SMILES string of the molecule is COC(=O)c1ccc(OC)c(N/C(=N\Cl)c2ccc(Cl)cc2Cl)c1. The van der Waals surface area contributed by atoms with Crippen molar-refractivity contribution < 1.29 is 14.3 Å². The van der Waals surface area contributed by atoms with Crippen LogP contribution in [0.4, 0.5) is 5.69 Å². The van der Waals surface area contributed by atoms with Crippen molar-refractivity contribution >= 4 is 52.5 Å². The molecule has 0 fully saturated rings. The number of hydrogen-bond donors (Lipinski definition) is 1. The Morgan fingerprint density at radius 3 is 2.46 bits per heavy atom. The Labute approximate surface area is 154 Å². The molecule has 0 aliphatic carbocycles. The maximum absolute atomic E-state index is 11.7. The molecule has 2 aromatic rings. The van der Waals surface area contributed by atoms with Crippen LogP contribution in [-0.4, -0.2) is 26.0 Å². The average molecular weight is 388 g/mol. The van der Waals surface area contributed by atoms with Gasteiger partial charge in [-0.15, -0.1) is 0 Å². The van der Waals surface area contributed by atoms with Gasteiger partial charge in [-0.05, 0) is 36.4 Å². The number of amidine groups is 1. The Hall–Kier alpha value is -1.95. The maximum atomic E-state index is 11.7. The highest BCUT2D eigenvalue weighted by Gasteiger charge is 2.15. The number of anilines is 1. The van der Waals surface area contributed by atoms with Gasteiger partial charge in [-0.3, -0.25) is 0 Å². The molecule has 0 bridgehead atoms. The van der Waals surface area contributed by atoms with Crippen molar-refractivity contribution in [2.24, 2.45) is 4.51 Å². The number of esters is 1. The zero-order chi connectivity index (χ0) is 17.7. The quantitative estimate of drug-likeness (QED) is 0.465. The first kappa shape index (κ1) is 18.4. The molecule has 24 heavy (non-hydrogen) atoms. The van der Waals surface area contributed by atoms with Crippen LogP contribution in [0.5, 0.6) is 5.75 Å². The van der Waals surface area contributed by atoms with Gasteiger partial charge in [0.1, 0.15) is 5.75 Å². The van der Waals surface area contributed by atoms with E-state index in [1.165, 1.54) is 14.2 Å². The van der Waals surface area contributed by atoms with Gasteiger partial charge in [0.15, 0.2) is 5.84 Å². The first-order chi connectivity index (χ1) is 11.5. The van der Waals surface area contributed by atoms with E-state index in [2.05, 4.69) is 9.83 Å². The summed E-state index contributed by atoms with van der Waals surface area (Å²) in [4.78, 5) is 11.7. The van der Waals surface area contributed by atoms with Gasteiger partial charge >= 0.3 is 5.97 Å². The Kier molecular flexibility index (Phi) is 6.31. The van der Waals surface area contributed by atoms with Crippen LogP contribution in [0, 0.1) is 0 Å². The monoisotopic (exact) mass is 386 g/mol. The number of nitrogens with one attached hydrogen (secondary N) is 1. The molecule has 0 radical (unpaired) electrons. The van der Waals surface area contributed by atoms with Crippen LogP contribution >= 0.6 is 35.0 Å². The second-order valence-corrected chi connectivity index (χ2v) is 5.60. The molecular weight excluding hydrogens is 375 g/mol. The van der Waals surface area contributed by atoms with Crippen LogP contribution in [0.2, 0.25) is 10.0 Å². The number of carbonyl (C=O) groups excluding carboxylic acids is 1. The zero-order valence-corrected chi connectivity index (χ0v) is 15.0. The normalized spacial score (nSPS) is 11.1. The third kappa shape index (κ3) is 4.12. The number of carbonyl (C=O) groups is 1. The van der Waals surface area contributed by atoms with Gasteiger partial charge in [0.2, 0.25) is 0 Å². The van der Waals surface area contributed by atoms with Crippen molar-refractivity contribution in [3.8, 4) is 5.75 Å².